The van der Waals surface area contributed by atoms with Crippen molar-refractivity contribution in [3.8, 4) is 22.3 Å². The lowest BCUT2D eigenvalue weighted by atomic mass is 10.00. The van der Waals surface area contributed by atoms with E-state index in [0.29, 0.717) is 0 Å². The van der Waals surface area contributed by atoms with Crippen molar-refractivity contribution in [2.75, 3.05) is 0 Å². The molecule has 0 amide bonds. The highest BCUT2D eigenvalue weighted by molar-refractivity contribution is 7.97. The molecule has 5 rings (SSSR count). The number of hydrogen-bond donors (Lipinski definition) is 0. The standard InChI is InChI=1S/C31H25IS.2C4HF9O3S/c1-23-12-13-27(22-31(23)32)26-16-14-24(15-17-26)25-18-20-30(21-19-25)33(28-8-4-2-5-9-28)29-10-6-3-7-11-29;2*5-1(6,3(9,10)11)2(7,8)4(12,13)17(14,15)16/h2-22,32H,1H3;2*(H,14,15,16)/q+2;;/p-2. The fourth-order valence-corrected chi connectivity index (χ4v) is 8.50. The number of halogens is 19. The monoisotopic (exact) mass is 1150 g/mol. The molecule has 0 aliphatic heterocycles. The van der Waals surface area contributed by atoms with E-state index in [1.807, 2.05) is 0 Å². The van der Waals surface area contributed by atoms with Gasteiger partial charge in [-0.1, -0.05) is 72.8 Å². The molecule has 5 aromatic carbocycles. The summed E-state index contributed by atoms with van der Waals surface area (Å²) in [4.78, 5) is 4.02. The molecule has 0 N–H and O–H groups in total. The molecule has 0 saturated carbocycles. The fourth-order valence-electron chi connectivity index (χ4n) is 4.98. The summed E-state index contributed by atoms with van der Waals surface area (Å²) in [7, 11) is -14.9. The molecule has 0 bridgehead atoms. The van der Waals surface area contributed by atoms with Gasteiger partial charge < -0.3 is 9.11 Å². The predicted octanol–water partition coefficient (Wildman–Crippen LogP) is 8.79. The smallest absolute Gasteiger partial charge is 0.460 e. The average molecular weight is 1150 g/mol. The van der Waals surface area contributed by atoms with Crippen LogP contribution in [0.4, 0.5) is 79.0 Å². The van der Waals surface area contributed by atoms with Gasteiger partial charge in [0.15, 0.2) is 38.5 Å². The third kappa shape index (κ3) is 11.8. The second-order valence-electron chi connectivity index (χ2n) is 13.2. The van der Waals surface area contributed by atoms with Crippen molar-refractivity contribution in [3.63, 3.8) is 0 Å². The molecule has 0 aliphatic carbocycles. The summed E-state index contributed by atoms with van der Waals surface area (Å²) < 4.78 is 272. The summed E-state index contributed by atoms with van der Waals surface area (Å²) in [5.74, 6) is -29.6. The van der Waals surface area contributed by atoms with Gasteiger partial charge in [-0.3, -0.25) is 0 Å². The second-order valence-corrected chi connectivity index (χ2v) is 19.4. The zero-order valence-corrected chi connectivity index (χ0v) is 37.3. The molecule has 28 heteroatoms. The van der Waals surface area contributed by atoms with Gasteiger partial charge in [0.25, 0.3) is 22.6 Å². The van der Waals surface area contributed by atoms with Crippen molar-refractivity contribution >= 4 is 31.1 Å². The van der Waals surface area contributed by atoms with Crippen LogP contribution in [0.1, 0.15) is 5.56 Å². The topological polar surface area (TPSA) is 114 Å². The summed E-state index contributed by atoms with van der Waals surface area (Å²) in [6, 6.07) is 46.3. The van der Waals surface area contributed by atoms with Crippen molar-refractivity contribution in [2.45, 2.75) is 68.2 Å². The third-order valence-corrected chi connectivity index (χ3v) is 13.9. The molecule has 0 fully saturated rings. The van der Waals surface area contributed by atoms with Gasteiger partial charge in [0.2, 0.25) is 0 Å². The van der Waals surface area contributed by atoms with Crippen LogP contribution in [0.3, 0.4) is 0 Å². The molecule has 0 radical (unpaired) electrons. The number of alkyl halides is 18. The molecule has 5 aromatic rings. The average Bonchev–Trinajstić information content (AvgIpc) is 3.22. The minimum absolute atomic E-state index is 0.112. The van der Waals surface area contributed by atoms with Crippen molar-refractivity contribution in [1.29, 1.82) is 0 Å². The van der Waals surface area contributed by atoms with Crippen LogP contribution >= 0.6 is 0 Å². The van der Waals surface area contributed by atoms with Gasteiger partial charge in [0.1, 0.15) is 0 Å². The Bertz CT molecular complexity index is 2570. The number of benzene rings is 5. The largest absolute Gasteiger partial charge is 0.743 e. The molecule has 0 heterocycles. The van der Waals surface area contributed by atoms with Crippen LogP contribution in [0.5, 0.6) is 0 Å². The van der Waals surface area contributed by atoms with Gasteiger partial charge >= 0.3 is 46.6 Å². The summed E-state index contributed by atoms with van der Waals surface area (Å²) in [6.45, 7) is 2.16. The van der Waals surface area contributed by atoms with Crippen LogP contribution in [-0.2, 0) is 31.1 Å². The molecular weight excluding hydrogens is 1130 g/mol. The van der Waals surface area contributed by atoms with Gasteiger partial charge in [-0.15, -0.1) is 0 Å². The van der Waals surface area contributed by atoms with Crippen molar-refractivity contribution < 1.29 is 128 Å². The highest BCUT2D eigenvalue weighted by Gasteiger charge is 2.85. The summed E-state index contributed by atoms with van der Waals surface area (Å²) in [5, 5.41) is -14.2. The Balaban J connectivity index is 0.000000298. The van der Waals surface area contributed by atoms with Crippen LogP contribution in [0, 0.1) is 10.5 Å². The van der Waals surface area contributed by atoms with E-state index in [1.54, 1.807) is 0 Å². The molecule has 0 spiro atoms. The van der Waals surface area contributed by atoms with Crippen LogP contribution in [0.25, 0.3) is 22.3 Å². The molecule has 0 unspecified atom stereocenters. The maximum absolute atomic E-state index is 12.2. The first-order valence-electron chi connectivity index (χ1n) is 17.3. The number of hydrogen-bond acceptors (Lipinski definition) is 6. The maximum Gasteiger partial charge on any atom is 0.460 e. The van der Waals surface area contributed by atoms with Gasteiger partial charge in [-0.05, 0) is 83.8 Å². The van der Waals surface area contributed by atoms with Crippen LogP contribution in [0.15, 0.2) is 142 Å². The Kier molecular flexibility index (Phi) is 17.0. The normalized spacial score (nSPS) is 13.6. The van der Waals surface area contributed by atoms with E-state index in [0.717, 1.165) is 0 Å². The second kappa shape index (κ2) is 20.0. The molecule has 67 heavy (non-hydrogen) atoms. The number of rotatable bonds is 11. The predicted molar refractivity (Wildman–Crippen MR) is 198 cm³/mol. The maximum atomic E-state index is 12.2. The first-order chi connectivity index (χ1) is 30.2. The van der Waals surface area contributed by atoms with Crippen molar-refractivity contribution in [3.05, 3.63) is 137 Å². The van der Waals surface area contributed by atoms with Crippen LogP contribution in [0.2, 0.25) is 0 Å². The summed E-state index contributed by atoms with van der Waals surface area (Å²) in [6.07, 6.45) is -14.3. The Hall–Kier alpha value is -4.26. The highest BCUT2D eigenvalue weighted by atomic mass is 127. The quantitative estimate of drug-likeness (QED) is 0.0566. The molecular formula is C39H25F18IO6S3. The zero-order chi connectivity index (χ0) is 51.6. The zero-order valence-electron chi connectivity index (χ0n) is 32.5. The molecule has 0 aromatic heterocycles. The molecule has 0 aliphatic rings. The lowest BCUT2D eigenvalue weighted by Gasteiger charge is -2.34. The van der Waals surface area contributed by atoms with Gasteiger partial charge in [0.05, 0.1) is 10.9 Å². The Labute approximate surface area is 384 Å². The van der Waals surface area contributed by atoms with Crippen LogP contribution < -0.4 is 22.6 Å². The first kappa shape index (κ1) is 57.1. The Morgan fingerprint density at radius 2 is 0.672 bits per heavy atom. The van der Waals surface area contributed by atoms with Crippen LogP contribution in [-0.4, -0.2) is 72.5 Å². The molecule has 0 saturated heterocycles. The van der Waals surface area contributed by atoms with E-state index in [2.05, 4.69) is 157 Å². The van der Waals surface area contributed by atoms with E-state index in [9.17, 15) is 105 Å². The van der Waals surface area contributed by atoms with E-state index >= 15 is 0 Å². The van der Waals surface area contributed by atoms with Crippen molar-refractivity contribution in [1.82, 2.24) is 0 Å². The van der Waals surface area contributed by atoms with E-state index < -0.39 is 66.8 Å². The van der Waals surface area contributed by atoms with E-state index in [1.165, 1.54) is 46.1 Å². The lowest BCUT2D eigenvalue weighted by molar-refractivity contribution is -0.382. The highest BCUT2D eigenvalue weighted by Crippen LogP contribution is 2.55. The first-order valence-corrected chi connectivity index (χ1v) is 22.5. The van der Waals surface area contributed by atoms with Crippen molar-refractivity contribution in [2.24, 2.45) is 0 Å². The lowest BCUT2D eigenvalue weighted by Crippen LogP contribution is -3.34. The minimum atomic E-state index is -7.43. The van der Waals surface area contributed by atoms with E-state index in [4.69, 9.17) is 0 Å². The Morgan fingerprint density at radius 3 is 0.955 bits per heavy atom. The van der Waals surface area contributed by atoms with Gasteiger partial charge in [-0.2, -0.15) is 79.0 Å². The molecule has 6 nitrogen and oxygen atoms in total. The molecule has 368 valence electrons. The number of aryl methyl sites for hydroxylation is 1. The fraction of sp³-hybridized carbons (Fsp3) is 0.231. The third-order valence-electron chi connectivity index (χ3n) is 8.65. The van der Waals surface area contributed by atoms with Gasteiger partial charge in [0, 0.05) is 5.56 Å². The molecule has 0 atom stereocenters. The Morgan fingerprint density at radius 1 is 0.403 bits per heavy atom. The van der Waals surface area contributed by atoms with E-state index in [-0.39, 0.29) is 10.9 Å². The SMILES string of the molecule is Cc1ccc(-c2ccc(-c3ccc([S+](c4ccccc4)c4ccccc4)cc3)cc2)cc1[IH+].O=S(=O)([O-])C(F)(F)C(F)(F)C(F)(F)C(F)(F)F.O=S(=O)([O-])C(F)(F)C(F)(F)C(F)(F)C(F)(F)F. The summed E-state index contributed by atoms with van der Waals surface area (Å²) in [5.41, 5.74) is 6.36. The summed E-state index contributed by atoms with van der Waals surface area (Å²) >= 11 is 2.10. The minimum Gasteiger partial charge on any atom is -0.743 e. The van der Waals surface area contributed by atoms with Gasteiger partial charge in [-0.25, -0.2) is 16.8 Å².